The van der Waals surface area contributed by atoms with Crippen molar-refractivity contribution < 1.29 is 14.2 Å². The molecule has 0 radical (unpaired) electrons. The van der Waals surface area contributed by atoms with Crippen LogP contribution in [-0.4, -0.2) is 25.3 Å². The lowest BCUT2D eigenvalue weighted by atomic mass is 10.1. The first-order valence-electron chi connectivity index (χ1n) is 5.41. The van der Waals surface area contributed by atoms with Crippen molar-refractivity contribution in [2.75, 3.05) is 20.2 Å². The zero-order valence-corrected chi connectivity index (χ0v) is 9.66. The van der Waals surface area contributed by atoms with Gasteiger partial charge in [-0.15, -0.1) is 0 Å². The topological polar surface area (TPSA) is 41.5 Å². The highest BCUT2D eigenvalue weighted by Crippen LogP contribution is 2.25. The van der Waals surface area contributed by atoms with Crippen LogP contribution in [-0.2, 0) is 0 Å². The van der Waals surface area contributed by atoms with Gasteiger partial charge in [-0.3, -0.25) is 0 Å². The van der Waals surface area contributed by atoms with E-state index in [1.807, 2.05) is 6.92 Å². The number of rotatable bonds is 6. The molecule has 0 saturated carbocycles. The monoisotopic (exact) mass is 227 g/mol. The summed E-state index contributed by atoms with van der Waals surface area (Å²) in [6, 6.07) is 4.14. The number of ether oxygens (including phenoxy) is 1. The molecule has 3 nitrogen and oxygen atoms in total. The minimum absolute atomic E-state index is 0.370. The molecular weight excluding hydrogens is 209 g/mol. The van der Waals surface area contributed by atoms with Crippen molar-refractivity contribution in [2.24, 2.45) is 0 Å². The third kappa shape index (κ3) is 3.47. The van der Waals surface area contributed by atoms with Gasteiger partial charge in [-0.1, -0.05) is 6.92 Å². The fraction of sp³-hybridized carbons (Fsp3) is 0.500. The van der Waals surface area contributed by atoms with Gasteiger partial charge in [-0.2, -0.15) is 0 Å². The average molecular weight is 227 g/mol. The van der Waals surface area contributed by atoms with E-state index in [0.29, 0.717) is 17.9 Å². The largest absolute Gasteiger partial charge is 0.496 e. The van der Waals surface area contributed by atoms with Gasteiger partial charge in [0.2, 0.25) is 0 Å². The van der Waals surface area contributed by atoms with E-state index in [0.717, 1.165) is 13.0 Å². The lowest BCUT2D eigenvalue weighted by molar-refractivity contribution is 0.170. The van der Waals surface area contributed by atoms with Gasteiger partial charge < -0.3 is 15.2 Å². The van der Waals surface area contributed by atoms with Crippen LogP contribution in [0.4, 0.5) is 4.39 Å². The minimum atomic E-state index is -0.753. The van der Waals surface area contributed by atoms with E-state index in [1.54, 1.807) is 0 Å². The van der Waals surface area contributed by atoms with E-state index >= 15 is 0 Å². The van der Waals surface area contributed by atoms with Gasteiger partial charge in [0.15, 0.2) is 0 Å². The number of hydrogen-bond donors (Lipinski definition) is 2. The molecule has 1 rings (SSSR count). The van der Waals surface area contributed by atoms with Crippen molar-refractivity contribution in [1.29, 1.82) is 0 Å². The Morgan fingerprint density at radius 3 is 2.88 bits per heavy atom. The average Bonchev–Trinajstić information content (AvgIpc) is 2.29. The summed E-state index contributed by atoms with van der Waals surface area (Å²) in [5.41, 5.74) is 0.478. The Labute approximate surface area is 95.2 Å². The molecule has 90 valence electrons. The summed E-state index contributed by atoms with van der Waals surface area (Å²) < 4.78 is 18.1. The molecule has 0 saturated heterocycles. The van der Waals surface area contributed by atoms with Crippen LogP contribution in [0.25, 0.3) is 0 Å². The van der Waals surface area contributed by atoms with Crippen LogP contribution < -0.4 is 10.1 Å². The minimum Gasteiger partial charge on any atom is -0.496 e. The molecule has 4 heteroatoms. The number of methoxy groups -OCH3 is 1. The maximum Gasteiger partial charge on any atom is 0.124 e. The summed E-state index contributed by atoms with van der Waals surface area (Å²) >= 11 is 0. The van der Waals surface area contributed by atoms with E-state index in [-0.39, 0.29) is 5.82 Å². The first-order valence-corrected chi connectivity index (χ1v) is 5.41. The predicted octanol–water partition coefficient (Wildman–Crippen LogP) is 1.87. The van der Waals surface area contributed by atoms with Gasteiger partial charge in [-0.05, 0) is 31.2 Å². The Balaban J connectivity index is 2.72. The van der Waals surface area contributed by atoms with Crippen molar-refractivity contribution in [3.8, 4) is 5.75 Å². The number of nitrogens with one attached hydrogen (secondary N) is 1. The second-order valence-corrected chi connectivity index (χ2v) is 3.61. The van der Waals surface area contributed by atoms with Gasteiger partial charge in [0, 0.05) is 12.1 Å². The highest BCUT2D eigenvalue weighted by atomic mass is 19.1. The molecule has 16 heavy (non-hydrogen) atoms. The highest BCUT2D eigenvalue weighted by molar-refractivity contribution is 5.35. The highest BCUT2D eigenvalue weighted by Gasteiger charge is 2.13. The molecule has 0 fully saturated rings. The van der Waals surface area contributed by atoms with Gasteiger partial charge in [-0.25, -0.2) is 4.39 Å². The molecule has 2 N–H and O–H groups in total. The van der Waals surface area contributed by atoms with E-state index in [2.05, 4.69) is 5.32 Å². The van der Waals surface area contributed by atoms with Crippen LogP contribution in [0.15, 0.2) is 18.2 Å². The molecule has 0 aliphatic rings. The fourth-order valence-corrected chi connectivity index (χ4v) is 1.49. The maximum atomic E-state index is 13.0. The molecule has 0 heterocycles. The van der Waals surface area contributed by atoms with Gasteiger partial charge in [0.1, 0.15) is 11.6 Å². The molecule has 0 aliphatic heterocycles. The Kier molecular flexibility index (Phi) is 5.22. The third-order valence-corrected chi connectivity index (χ3v) is 2.32. The lowest BCUT2D eigenvalue weighted by Gasteiger charge is -2.15. The number of benzene rings is 1. The molecule has 1 aromatic rings. The van der Waals surface area contributed by atoms with Crippen LogP contribution in [0.2, 0.25) is 0 Å². The van der Waals surface area contributed by atoms with Crippen molar-refractivity contribution in [1.82, 2.24) is 5.32 Å². The molecular formula is C12H18FNO2. The first-order chi connectivity index (χ1) is 7.69. The second-order valence-electron chi connectivity index (χ2n) is 3.61. The van der Waals surface area contributed by atoms with Crippen molar-refractivity contribution >= 4 is 0 Å². The number of hydrogen-bond acceptors (Lipinski definition) is 3. The maximum absolute atomic E-state index is 13.0. The molecule has 0 bridgehead atoms. The van der Waals surface area contributed by atoms with Gasteiger partial charge >= 0.3 is 0 Å². The van der Waals surface area contributed by atoms with E-state index in [9.17, 15) is 9.50 Å². The van der Waals surface area contributed by atoms with Crippen molar-refractivity contribution in [2.45, 2.75) is 19.4 Å². The Morgan fingerprint density at radius 2 is 2.25 bits per heavy atom. The quantitative estimate of drug-likeness (QED) is 0.729. The van der Waals surface area contributed by atoms with Crippen LogP contribution >= 0.6 is 0 Å². The predicted molar refractivity (Wildman–Crippen MR) is 61.1 cm³/mol. The molecule has 0 aromatic heterocycles. The summed E-state index contributed by atoms with van der Waals surface area (Å²) in [6.45, 7) is 3.27. The van der Waals surface area contributed by atoms with Crippen molar-refractivity contribution in [3.63, 3.8) is 0 Å². The molecule has 1 atom stereocenters. The summed E-state index contributed by atoms with van der Waals surface area (Å²) in [6.07, 6.45) is 0.240. The lowest BCUT2D eigenvalue weighted by Crippen LogP contribution is -2.22. The standard InChI is InChI=1S/C12H18FNO2/c1-3-6-14-8-11(15)10-7-9(13)4-5-12(10)16-2/h4-5,7,11,14-15H,3,6,8H2,1-2H3. The molecule has 0 aliphatic carbocycles. The van der Waals surface area contributed by atoms with Crippen molar-refractivity contribution in [3.05, 3.63) is 29.6 Å². The van der Waals surface area contributed by atoms with E-state index < -0.39 is 6.10 Å². The van der Waals surface area contributed by atoms with E-state index in [1.165, 1.54) is 25.3 Å². The Morgan fingerprint density at radius 1 is 1.50 bits per heavy atom. The van der Waals surface area contributed by atoms with Gasteiger partial charge in [0.25, 0.3) is 0 Å². The smallest absolute Gasteiger partial charge is 0.124 e. The SMILES string of the molecule is CCCNCC(O)c1cc(F)ccc1OC. The van der Waals surface area contributed by atoms with Crippen LogP contribution in [0.1, 0.15) is 25.0 Å². The number of aliphatic hydroxyl groups is 1. The second kappa shape index (κ2) is 6.45. The van der Waals surface area contributed by atoms with E-state index in [4.69, 9.17) is 4.74 Å². The summed E-state index contributed by atoms with van der Waals surface area (Å²) in [5, 5.41) is 13.0. The fourth-order valence-electron chi connectivity index (χ4n) is 1.49. The van der Waals surface area contributed by atoms with Crippen LogP contribution in [0, 0.1) is 5.82 Å². The molecule has 0 spiro atoms. The molecule has 1 aromatic carbocycles. The molecule has 1 unspecified atom stereocenters. The molecule has 0 amide bonds. The van der Waals surface area contributed by atoms with Crippen LogP contribution in [0.3, 0.4) is 0 Å². The third-order valence-electron chi connectivity index (χ3n) is 2.32. The first kappa shape index (κ1) is 12.9. The number of aliphatic hydroxyl groups excluding tert-OH is 1. The summed E-state index contributed by atoms with van der Waals surface area (Å²) in [5.74, 6) is 0.137. The summed E-state index contributed by atoms with van der Waals surface area (Å²) in [7, 11) is 1.50. The summed E-state index contributed by atoms with van der Waals surface area (Å²) in [4.78, 5) is 0. The van der Waals surface area contributed by atoms with Crippen LogP contribution in [0.5, 0.6) is 5.75 Å². The Bertz CT molecular complexity index is 331. The Hall–Kier alpha value is -1.13. The van der Waals surface area contributed by atoms with Gasteiger partial charge in [0.05, 0.1) is 13.2 Å². The normalized spacial score (nSPS) is 12.5. The zero-order chi connectivity index (χ0) is 12.0. The zero-order valence-electron chi connectivity index (χ0n) is 9.66. The number of halogens is 1.